The Morgan fingerprint density at radius 2 is 2.38 bits per heavy atom. The van der Waals surface area contributed by atoms with E-state index in [1.165, 1.54) is 0 Å². The van der Waals surface area contributed by atoms with Crippen LogP contribution in [0.15, 0.2) is 0 Å². The molecule has 3 unspecified atom stereocenters. The smallest absolute Gasteiger partial charge is 0.221 e. The molecule has 1 aliphatic rings. The van der Waals surface area contributed by atoms with Gasteiger partial charge >= 0.3 is 0 Å². The molecule has 0 aliphatic carbocycles. The zero-order valence-electron chi connectivity index (χ0n) is 10.4. The standard InChI is InChI=1S/C12H24N2O2/c1-3-5-10(13)8-12(15)14-9(2)11-6-4-7-16-11/h9-11H,3-8,13H2,1-2H3,(H,14,15). The van der Waals surface area contributed by atoms with Crippen LogP contribution in [0.2, 0.25) is 0 Å². The molecule has 1 saturated heterocycles. The number of nitrogens with two attached hydrogens (primary N) is 1. The molecule has 0 radical (unpaired) electrons. The Bertz CT molecular complexity index is 215. The maximum absolute atomic E-state index is 11.6. The Morgan fingerprint density at radius 1 is 1.62 bits per heavy atom. The summed E-state index contributed by atoms with van der Waals surface area (Å²) in [7, 11) is 0. The fraction of sp³-hybridized carbons (Fsp3) is 0.917. The number of hydrogen-bond donors (Lipinski definition) is 2. The van der Waals surface area contributed by atoms with Crippen molar-refractivity contribution in [3.63, 3.8) is 0 Å². The fourth-order valence-electron chi connectivity index (χ4n) is 2.11. The summed E-state index contributed by atoms with van der Waals surface area (Å²) >= 11 is 0. The summed E-state index contributed by atoms with van der Waals surface area (Å²) in [5.41, 5.74) is 5.82. The Balaban J connectivity index is 2.22. The SMILES string of the molecule is CCCC(N)CC(=O)NC(C)C1CCCO1. The largest absolute Gasteiger partial charge is 0.376 e. The van der Waals surface area contributed by atoms with Crippen LogP contribution in [0, 0.1) is 0 Å². The van der Waals surface area contributed by atoms with E-state index in [1.54, 1.807) is 0 Å². The molecule has 1 rings (SSSR count). The molecular weight excluding hydrogens is 204 g/mol. The van der Waals surface area contributed by atoms with Crippen LogP contribution < -0.4 is 11.1 Å². The lowest BCUT2D eigenvalue weighted by molar-refractivity contribution is -0.122. The Kier molecular flexibility index (Phi) is 5.77. The minimum Gasteiger partial charge on any atom is -0.376 e. The normalized spacial score (nSPS) is 24.1. The molecule has 1 amide bonds. The number of carbonyl (C=O) groups excluding carboxylic acids is 1. The molecule has 0 bridgehead atoms. The molecule has 1 aliphatic heterocycles. The van der Waals surface area contributed by atoms with Crippen molar-refractivity contribution in [1.82, 2.24) is 5.32 Å². The molecule has 16 heavy (non-hydrogen) atoms. The Labute approximate surface area is 97.9 Å². The van der Waals surface area contributed by atoms with E-state index < -0.39 is 0 Å². The van der Waals surface area contributed by atoms with Crippen molar-refractivity contribution >= 4 is 5.91 Å². The van der Waals surface area contributed by atoms with E-state index in [1.807, 2.05) is 6.92 Å². The number of ether oxygens (including phenoxy) is 1. The van der Waals surface area contributed by atoms with Gasteiger partial charge in [0.05, 0.1) is 12.1 Å². The van der Waals surface area contributed by atoms with Crippen LogP contribution in [-0.4, -0.2) is 30.7 Å². The van der Waals surface area contributed by atoms with Gasteiger partial charge in [-0.1, -0.05) is 13.3 Å². The van der Waals surface area contributed by atoms with Crippen LogP contribution in [0.3, 0.4) is 0 Å². The third-order valence-electron chi connectivity index (χ3n) is 3.02. The highest BCUT2D eigenvalue weighted by molar-refractivity contribution is 5.76. The quantitative estimate of drug-likeness (QED) is 0.717. The summed E-state index contributed by atoms with van der Waals surface area (Å²) < 4.78 is 5.52. The van der Waals surface area contributed by atoms with Gasteiger partial charge in [0.15, 0.2) is 0 Å². The van der Waals surface area contributed by atoms with Crippen molar-refractivity contribution in [3.05, 3.63) is 0 Å². The van der Waals surface area contributed by atoms with E-state index in [0.29, 0.717) is 6.42 Å². The van der Waals surface area contributed by atoms with Gasteiger partial charge in [0.2, 0.25) is 5.91 Å². The monoisotopic (exact) mass is 228 g/mol. The van der Waals surface area contributed by atoms with Crippen molar-refractivity contribution < 1.29 is 9.53 Å². The zero-order chi connectivity index (χ0) is 12.0. The first-order valence-electron chi connectivity index (χ1n) is 6.30. The predicted molar refractivity (Wildman–Crippen MR) is 64.1 cm³/mol. The second-order valence-corrected chi connectivity index (χ2v) is 4.66. The average molecular weight is 228 g/mol. The molecule has 1 fully saturated rings. The number of carbonyl (C=O) groups is 1. The van der Waals surface area contributed by atoms with Crippen LogP contribution in [-0.2, 0) is 9.53 Å². The van der Waals surface area contributed by atoms with Gasteiger partial charge in [-0.25, -0.2) is 0 Å². The van der Waals surface area contributed by atoms with Gasteiger partial charge in [-0.3, -0.25) is 4.79 Å². The molecule has 0 spiro atoms. The highest BCUT2D eigenvalue weighted by Gasteiger charge is 2.23. The third-order valence-corrected chi connectivity index (χ3v) is 3.02. The van der Waals surface area contributed by atoms with Gasteiger partial charge in [-0.05, 0) is 26.2 Å². The van der Waals surface area contributed by atoms with Crippen molar-refractivity contribution in [2.45, 2.75) is 64.1 Å². The molecule has 4 heteroatoms. The molecule has 0 aromatic rings. The summed E-state index contributed by atoms with van der Waals surface area (Å²) in [6, 6.07) is 0.0884. The van der Waals surface area contributed by atoms with E-state index in [2.05, 4.69) is 12.2 Å². The van der Waals surface area contributed by atoms with Crippen molar-refractivity contribution in [1.29, 1.82) is 0 Å². The molecule has 4 nitrogen and oxygen atoms in total. The lowest BCUT2D eigenvalue weighted by Gasteiger charge is -2.21. The molecule has 94 valence electrons. The second kappa shape index (κ2) is 6.86. The zero-order valence-corrected chi connectivity index (χ0v) is 10.4. The number of rotatable bonds is 6. The van der Waals surface area contributed by atoms with Gasteiger partial charge in [0, 0.05) is 19.1 Å². The lowest BCUT2D eigenvalue weighted by Crippen LogP contribution is -2.42. The predicted octanol–water partition coefficient (Wildman–Crippen LogP) is 1.19. The maximum atomic E-state index is 11.6. The van der Waals surface area contributed by atoms with Crippen LogP contribution >= 0.6 is 0 Å². The fourth-order valence-corrected chi connectivity index (χ4v) is 2.11. The molecule has 1 heterocycles. The first kappa shape index (κ1) is 13.5. The molecule has 0 aromatic heterocycles. The van der Waals surface area contributed by atoms with Gasteiger partial charge in [-0.15, -0.1) is 0 Å². The molecule has 0 saturated carbocycles. The molecule has 0 aromatic carbocycles. The highest BCUT2D eigenvalue weighted by Crippen LogP contribution is 2.15. The van der Waals surface area contributed by atoms with Gasteiger partial charge in [-0.2, -0.15) is 0 Å². The minimum absolute atomic E-state index is 0.0123. The Morgan fingerprint density at radius 3 is 2.94 bits per heavy atom. The summed E-state index contributed by atoms with van der Waals surface area (Å²) in [6.07, 6.45) is 4.68. The van der Waals surface area contributed by atoms with Gasteiger partial charge in [0.25, 0.3) is 0 Å². The molecule has 3 atom stereocenters. The van der Waals surface area contributed by atoms with Gasteiger partial charge < -0.3 is 15.8 Å². The maximum Gasteiger partial charge on any atom is 0.221 e. The highest BCUT2D eigenvalue weighted by atomic mass is 16.5. The van der Waals surface area contributed by atoms with Crippen molar-refractivity contribution in [3.8, 4) is 0 Å². The summed E-state index contributed by atoms with van der Waals surface area (Å²) in [5.74, 6) is 0.0453. The van der Waals surface area contributed by atoms with Gasteiger partial charge in [0.1, 0.15) is 0 Å². The number of hydrogen-bond acceptors (Lipinski definition) is 3. The third kappa shape index (κ3) is 4.49. The first-order chi connectivity index (χ1) is 7.63. The Hall–Kier alpha value is -0.610. The number of amides is 1. The van der Waals surface area contributed by atoms with E-state index in [4.69, 9.17) is 10.5 Å². The van der Waals surface area contributed by atoms with Crippen molar-refractivity contribution in [2.75, 3.05) is 6.61 Å². The topological polar surface area (TPSA) is 64.4 Å². The van der Waals surface area contributed by atoms with Crippen LogP contribution in [0.4, 0.5) is 0 Å². The van der Waals surface area contributed by atoms with Crippen LogP contribution in [0.25, 0.3) is 0 Å². The van der Waals surface area contributed by atoms with Crippen LogP contribution in [0.1, 0.15) is 46.0 Å². The van der Waals surface area contributed by atoms with Crippen molar-refractivity contribution in [2.24, 2.45) is 5.73 Å². The van der Waals surface area contributed by atoms with Crippen LogP contribution in [0.5, 0.6) is 0 Å². The molecule has 3 N–H and O–H groups in total. The lowest BCUT2D eigenvalue weighted by atomic mass is 10.1. The summed E-state index contributed by atoms with van der Waals surface area (Å²) in [5, 5.41) is 2.97. The first-order valence-corrected chi connectivity index (χ1v) is 6.30. The van der Waals surface area contributed by atoms with E-state index >= 15 is 0 Å². The summed E-state index contributed by atoms with van der Waals surface area (Å²) in [6.45, 7) is 4.90. The van der Waals surface area contributed by atoms with E-state index in [9.17, 15) is 4.79 Å². The van der Waals surface area contributed by atoms with E-state index in [0.717, 1.165) is 32.3 Å². The molecular formula is C12H24N2O2. The minimum atomic E-state index is -0.0123. The summed E-state index contributed by atoms with van der Waals surface area (Å²) in [4.78, 5) is 11.6. The second-order valence-electron chi connectivity index (χ2n) is 4.66. The van der Waals surface area contributed by atoms with E-state index in [-0.39, 0.29) is 24.1 Å². The average Bonchev–Trinajstić information content (AvgIpc) is 2.69. The number of nitrogens with one attached hydrogen (secondary N) is 1.